The largest absolute Gasteiger partial charge is 0.444 e. The van der Waals surface area contributed by atoms with Crippen LogP contribution in [-0.4, -0.2) is 29.2 Å². The van der Waals surface area contributed by atoms with Crippen molar-refractivity contribution in [2.45, 2.75) is 64.8 Å². The van der Waals surface area contributed by atoms with E-state index in [9.17, 15) is 4.79 Å². The van der Waals surface area contributed by atoms with Gasteiger partial charge in [-0.1, -0.05) is 66.7 Å². The van der Waals surface area contributed by atoms with Gasteiger partial charge in [-0.25, -0.2) is 4.79 Å². The summed E-state index contributed by atoms with van der Waals surface area (Å²) < 4.78 is 5.30. The van der Waals surface area contributed by atoms with Gasteiger partial charge in [-0.05, 0) is 67.5 Å². The Balaban J connectivity index is 1.33. The highest BCUT2D eigenvalue weighted by atomic mass is 16.6. The van der Waals surface area contributed by atoms with Crippen LogP contribution in [0.3, 0.4) is 0 Å². The third-order valence-electron chi connectivity index (χ3n) is 5.86. The van der Waals surface area contributed by atoms with Crippen LogP contribution in [0.15, 0.2) is 66.7 Å². The molecule has 0 bridgehead atoms. The molecule has 1 aliphatic carbocycles. The number of hydrogen-bond acceptors (Lipinski definition) is 3. The minimum absolute atomic E-state index is 0.380. The van der Waals surface area contributed by atoms with Gasteiger partial charge in [0.1, 0.15) is 5.60 Å². The number of hydrogen-bond donors (Lipinski definition) is 1. The number of amides is 1. The Labute approximate surface area is 191 Å². The lowest BCUT2D eigenvalue weighted by atomic mass is 10.0. The van der Waals surface area contributed by atoms with Crippen LogP contribution in [0, 0.1) is 0 Å². The Hall–Kier alpha value is -2.85. The van der Waals surface area contributed by atoms with Gasteiger partial charge in [0.2, 0.25) is 0 Å². The first-order chi connectivity index (χ1) is 15.4. The smallest absolute Gasteiger partial charge is 0.407 e. The second kappa shape index (κ2) is 9.74. The molecule has 1 N–H and O–H groups in total. The number of rotatable bonds is 8. The van der Waals surface area contributed by atoms with Crippen molar-refractivity contribution < 1.29 is 9.53 Å². The van der Waals surface area contributed by atoms with Gasteiger partial charge in [0, 0.05) is 25.7 Å². The summed E-state index contributed by atoms with van der Waals surface area (Å²) in [5, 5.41) is 5.51. The number of fused-ring (bicyclic) bond motifs is 1. The summed E-state index contributed by atoms with van der Waals surface area (Å²) in [6.07, 6.45) is 3.28. The van der Waals surface area contributed by atoms with Crippen LogP contribution in [0.25, 0.3) is 10.8 Å². The maximum Gasteiger partial charge on any atom is 0.407 e. The first-order valence-electron chi connectivity index (χ1n) is 11.6. The number of carbonyl (C=O) groups is 1. The first kappa shape index (κ1) is 22.3. The third-order valence-corrected chi connectivity index (χ3v) is 5.86. The average Bonchev–Trinajstić information content (AvgIpc) is 3.60. The highest BCUT2D eigenvalue weighted by molar-refractivity contribution is 5.85. The molecule has 0 atom stereocenters. The van der Waals surface area contributed by atoms with Crippen LogP contribution >= 0.6 is 0 Å². The second-order valence-electron chi connectivity index (χ2n) is 9.76. The Morgan fingerprint density at radius 1 is 0.969 bits per heavy atom. The fourth-order valence-corrected chi connectivity index (χ4v) is 4.09. The van der Waals surface area contributed by atoms with E-state index in [0.29, 0.717) is 12.6 Å². The molecule has 3 aromatic carbocycles. The van der Waals surface area contributed by atoms with Crippen molar-refractivity contribution in [3.63, 3.8) is 0 Å². The minimum atomic E-state index is -0.480. The molecule has 1 saturated carbocycles. The van der Waals surface area contributed by atoms with Crippen molar-refractivity contribution in [3.8, 4) is 0 Å². The van der Waals surface area contributed by atoms with E-state index in [1.54, 1.807) is 0 Å². The molecule has 168 valence electrons. The zero-order valence-corrected chi connectivity index (χ0v) is 19.4. The van der Waals surface area contributed by atoms with Gasteiger partial charge in [0.25, 0.3) is 0 Å². The van der Waals surface area contributed by atoms with Crippen molar-refractivity contribution >= 4 is 16.9 Å². The normalized spacial score (nSPS) is 14.0. The van der Waals surface area contributed by atoms with Gasteiger partial charge < -0.3 is 10.1 Å². The maximum absolute atomic E-state index is 11.9. The van der Waals surface area contributed by atoms with E-state index in [1.807, 2.05) is 20.8 Å². The third kappa shape index (κ3) is 6.33. The molecule has 1 aliphatic rings. The lowest BCUT2D eigenvalue weighted by Crippen LogP contribution is -2.32. The van der Waals surface area contributed by atoms with E-state index in [0.717, 1.165) is 25.1 Å². The number of carbonyl (C=O) groups excluding carboxylic acids is 1. The lowest BCUT2D eigenvalue weighted by Gasteiger charge is -2.23. The summed E-state index contributed by atoms with van der Waals surface area (Å²) >= 11 is 0. The SMILES string of the molecule is CC(C)(C)OC(=O)NCc1ccc(CN(CCc2cccc3ccccc23)C2CC2)cc1. The quantitative estimate of drug-likeness (QED) is 0.471. The summed E-state index contributed by atoms with van der Waals surface area (Å²) in [5.74, 6) is 0. The molecular formula is C28H34N2O2. The number of benzene rings is 3. The Morgan fingerprint density at radius 3 is 2.38 bits per heavy atom. The Morgan fingerprint density at radius 2 is 1.66 bits per heavy atom. The highest BCUT2D eigenvalue weighted by Crippen LogP contribution is 2.29. The van der Waals surface area contributed by atoms with E-state index in [1.165, 1.54) is 34.7 Å². The molecule has 0 spiro atoms. The van der Waals surface area contributed by atoms with Crippen molar-refractivity contribution in [1.82, 2.24) is 10.2 Å². The molecule has 1 fully saturated rings. The Kier molecular flexibility index (Phi) is 6.80. The van der Waals surface area contributed by atoms with Gasteiger partial charge in [0.05, 0.1) is 0 Å². The lowest BCUT2D eigenvalue weighted by molar-refractivity contribution is 0.0523. The van der Waals surface area contributed by atoms with E-state index in [-0.39, 0.29) is 6.09 Å². The molecule has 0 aliphatic heterocycles. The highest BCUT2D eigenvalue weighted by Gasteiger charge is 2.28. The average molecular weight is 431 g/mol. The summed E-state index contributed by atoms with van der Waals surface area (Å²) in [6.45, 7) is 8.12. The number of alkyl carbamates (subject to hydrolysis) is 1. The van der Waals surface area contributed by atoms with Crippen LogP contribution in [0.5, 0.6) is 0 Å². The van der Waals surface area contributed by atoms with Crippen LogP contribution in [0.1, 0.15) is 50.3 Å². The molecule has 4 rings (SSSR count). The van der Waals surface area contributed by atoms with Gasteiger partial charge in [-0.3, -0.25) is 4.90 Å². The number of nitrogens with zero attached hydrogens (tertiary/aromatic N) is 1. The van der Waals surface area contributed by atoms with Crippen molar-refractivity contribution in [1.29, 1.82) is 0 Å². The second-order valence-corrected chi connectivity index (χ2v) is 9.76. The maximum atomic E-state index is 11.9. The topological polar surface area (TPSA) is 41.6 Å². The van der Waals surface area contributed by atoms with Gasteiger partial charge >= 0.3 is 6.09 Å². The first-order valence-corrected chi connectivity index (χ1v) is 11.6. The van der Waals surface area contributed by atoms with Gasteiger partial charge in [0.15, 0.2) is 0 Å². The van der Waals surface area contributed by atoms with Crippen molar-refractivity contribution in [2.24, 2.45) is 0 Å². The molecule has 3 aromatic rings. The van der Waals surface area contributed by atoms with E-state index < -0.39 is 5.60 Å². The number of ether oxygens (including phenoxy) is 1. The molecule has 4 nitrogen and oxygen atoms in total. The molecule has 0 saturated heterocycles. The van der Waals surface area contributed by atoms with E-state index in [2.05, 4.69) is 76.9 Å². The molecule has 32 heavy (non-hydrogen) atoms. The predicted octanol–water partition coefficient (Wildman–Crippen LogP) is 6.07. The summed E-state index contributed by atoms with van der Waals surface area (Å²) in [6, 6.07) is 24.5. The summed E-state index contributed by atoms with van der Waals surface area (Å²) in [5.41, 5.74) is 3.34. The summed E-state index contributed by atoms with van der Waals surface area (Å²) in [4.78, 5) is 14.5. The molecule has 1 amide bonds. The van der Waals surface area contributed by atoms with Crippen LogP contribution in [0.4, 0.5) is 4.79 Å². The minimum Gasteiger partial charge on any atom is -0.444 e. The zero-order valence-electron chi connectivity index (χ0n) is 19.4. The molecule has 0 heterocycles. The molecule has 0 unspecified atom stereocenters. The van der Waals surface area contributed by atoms with Crippen molar-refractivity contribution in [3.05, 3.63) is 83.4 Å². The van der Waals surface area contributed by atoms with Crippen LogP contribution in [-0.2, 0) is 24.2 Å². The molecule has 4 heteroatoms. The Bertz CT molecular complexity index is 1040. The predicted molar refractivity (Wildman–Crippen MR) is 131 cm³/mol. The van der Waals surface area contributed by atoms with Crippen LogP contribution in [0.2, 0.25) is 0 Å². The standard InChI is InChI=1S/C28H34N2O2/c1-28(2,3)32-27(31)29-19-21-11-13-22(14-12-21)20-30(25-15-16-25)18-17-24-9-6-8-23-7-4-5-10-26(23)24/h4-14,25H,15-20H2,1-3H3,(H,29,31). The van der Waals surface area contributed by atoms with Gasteiger partial charge in [-0.2, -0.15) is 0 Å². The monoisotopic (exact) mass is 430 g/mol. The zero-order chi connectivity index (χ0) is 22.6. The molecular weight excluding hydrogens is 396 g/mol. The number of nitrogens with one attached hydrogen (secondary N) is 1. The molecule has 0 aromatic heterocycles. The molecule has 0 radical (unpaired) electrons. The van der Waals surface area contributed by atoms with E-state index >= 15 is 0 Å². The van der Waals surface area contributed by atoms with E-state index in [4.69, 9.17) is 4.74 Å². The fraction of sp³-hybridized carbons (Fsp3) is 0.393. The fourth-order valence-electron chi connectivity index (χ4n) is 4.09. The van der Waals surface area contributed by atoms with Crippen LogP contribution < -0.4 is 5.32 Å². The summed E-state index contributed by atoms with van der Waals surface area (Å²) in [7, 11) is 0. The van der Waals surface area contributed by atoms with Crippen molar-refractivity contribution in [2.75, 3.05) is 6.54 Å². The van der Waals surface area contributed by atoms with Gasteiger partial charge in [-0.15, -0.1) is 0 Å².